The van der Waals surface area contributed by atoms with Crippen LogP contribution in [-0.4, -0.2) is 35.6 Å². The van der Waals surface area contributed by atoms with Gasteiger partial charge in [-0.15, -0.1) is 11.3 Å². The van der Waals surface area contributed by atoms with Gasteiger partial charge in [0.05, 0.1) is 11.2 Å². The van der Waals surface area contributed by atoms with Crippen LogP contribution in [0.1, 0.15) is 57.2 Å². The maximum atomic E-state index is 5.01. The van der Waals surface area contributed by atoms with Crippen LogP contribution < -0.4 is 5.32 Å². The molecule has 2 fully saturated rings. The van der Waals surface area contributed by atoms with Crippen LogP contribution in [0.5, 0.6) is 0 Å². The summed E-state index contributed by atoms with van der Waals surface area (Å²) in [6.07, 6.45) is 2.53. The number of rotatable bonds is 4. The summed E-state index contributed by atoms with van der Waals surface area (Å²) >= 11 is 1.87. The van der Waals surface area contributed by atoms with Crippen LogP contribution in [0.25, 0.3) is 0 Å². The third kappa shape index (κ3) is 2.42. The van der Waals surface area contributed by atoms with Gasteiger partial charge in [0, 0.05) is 24.5 Å². The minimum atomic E-state index is 0.124. The lowest BCUT2D eigenvalue weighted by Crippen LogP contribution is -2.55. The summed E-state index contributed by atoms with van der Waals surface area (Å²) in [4.78, 5) is 7.63. The Morgan fingerprint density at radius 3 is 2.80 bits per heavy atom. The highest BCUT2D eigenvalue weighted by atomic mass is 32.1. The molecule has 3 unspecified atom stereocenters. The largest absolute Gasteiger partial charge is 0.303 e. The Hall–Kier alpha value is -0.450. The summed E-state index contributed by atoms with van der Waals surface area (Å²) in [5.74, 6) is 1.25. The standard InChI is InChI=1S/C16H27N3S/c1-11(2)14-10-20-15(17-14)16(18-12(3)4)6-8-19-7-5-13(16)9-19/h10-13,18H,5-9H2,1-4H3. The van der Waals surface area contributed by atoms with E-state index in [1.54, 1.807) is 0 Å². The summed E-state index contributed by atoms with van der Waals surface area (Å²) in [7, 11) is 0. The lowest BCUT2D eigenvalue weighted by atomic mass is 9.78. The molecule has 1 aromatic rings. The molecule has 3 heterocycles. The number of nitrogens with one attached hydrogen (secondary N) is 1. The molecule has 0 amide bonds. The molecule has 0 aromatic carbocycles. The van der Waals surface area contributed by atoms with E-state index in [-0.39, 0.29) is 5.54 Å². The lowest BCUT2D eigenvalue weighted by molar-refractivity contribution is 0.120. The fourth-order valence-electron chi connectivity index (χ4n) is 3.78. The molecular formula is C16H27N3S. The van der Waals surface area contributed by atoms with Gasteiger partial charge in [-0.1, -0.05) is 13.8 Å². The van der Waals surface area contributed by atoms with E-state index in [2.05, 4.69) is 43.3 Å². The third-order valence-corrected chi connectivity index (χ3v) is 5.87. The van der Waals surface area contributed by atoms with Crippen molar-refractivity contribution >= 4 is 11.3 Å². The summed E-state index contributed by atoms with van der Waals surface area (Å²) in [6, 6.07) is 0.508. The number of nitrogens with zero attached hydrogens (tertiary/aromatic N) is 2. The molecule has 2 aliphatic rings. The van der Waals surface area contributed by atoms with Gasteiger partial charge in [-0.05, 0) is 45.1 Å². The molecule has 2 aliphatic heterocycles. The molecule has 3 nitrogen and oxygen atoms in total. The molecule has 3 atom stereocenters. The van der Waals surface area contributed by atoms with Gasteiger partial charge in [0.2, 0.25) is 0 Å². The van der Waals surface area contributed by atoms with Crippen molar-refractivity contribution in [2.75, 3.05) is 19.6 Å². The molecule has 3 rings (SSSR count). The second-order valence-electron chi connectivity index (χ2n) is 7.04. The van der Waals surface area contributed by atoms with Crippen LogP contribution in [-0.2, 0) is 5.54 Å². The van der Waals surface area contributed by atoms with Crippen molar-refractivity contribution in [1.29, 1.82) is 0 Å². The molecule has 112 valence electrons. The summed E-state index contributed by atoms with van der Waals surface area (Å²) in [5.41, 5.74) is 1.38. The zero-order valence-corrected chi connectivity index (χ0v) is 14.0. The van der Waals surface area contributed by atoms with Crippen molar-refractivity contribution in [3.8, 4) is 0 Å². The van der Waals surface area contributed by atoms with Crippen molar-refractivity contribution in [2.45, 2.75) is 58.0 Å². The molecule has 20 heavy (non-hydrogen) atoms. The average molecular weight is 293 g/mol. The van der Waals surface area contributed by atoms with Crippen LogP contribution in [0.4, 0.5) is 0 Å². The van der Waals surface area contributed by atoms with Gasteiger partial charge in [0.15, 0.2) is 0 Å². The van der Waals surface area contributed by atoms with Gasteiger partial charge >= 0.3 is 0 Å². The Balaban J connectivity index is 1.96. The summed E-state index contributed by atoms with van der Waals surface area (Å²) in [5, 5.41) is 7.52. The van der Waals surface area contributed by atoms with Crippen LogP contribution in [0, 0.1) is 5.92 Å². The van der Waals surface area contributed by atoms with E-state index in [0.29, 0.717) is 12.0 Å². The first-order chi connectivity index (χ1) is 9.51. The van der Waals surface area contributed by atoms with E-state index < -0.39 is 0 Å². The maximum Gasteiger partial charge on any atom is 0.113 e. The second-order valence-corrected chi connectivity index (χ2v) is 7.90. The molecule has 2 saturated heterocycles. The SMILES string of the molecule is CC(C)NC1(c2nc(C(C)C)cs2)CCN2CCC1C2. The third-order valence-electron chi connectivity index (χ3n) is 4.83. The van der Waals surface area contributed by atoms with Gasteiger partial charge in [-0.25, -0.2) is 4.98 Å². The quantitative estimate of drug-likeness (QED) is 0.924. The van der Waals surface area contributed by atoms with Crippen molar-refractivity contribution in [2.24, 2.45) is 5.92 Å². The molecule has 4 heteroatoms. The highest BCUT2D eigenvalue weighted by Crippen LogP contribution is 2.44. The van der Waals surface area contributed by atoms with Crippen LogP contribution in [0.2, 0.25) is 0 Å². The van der Waals surface area contributed by atoms with Crippen molar-refractivity contribution in [3.63, 3.8) is 0 Å². The molecule has 0 radical (unpaired) electrons. The highest BCUT2D eigenvalue weighted by Gasteiger charge is 2.49. The van der Waals surface area contributed by atoms with Gasteiger partial charge in [-0.3, -0.25) is 0 Å². The predicted molar refractivity (Wildman–Crippen MR) is 85.3 cm³/mol. The Morgan fingerprint density at radius 1 is 1.35 bits per heavy atom. The normalized spacial score (nSPS) is 33.3. The van der Waals surface area contributed by atoms with E-state index in [9.17, 15) is 0 Å². The zero-order valence-electron chi connectivity index (χ0n) is 13.1. The second kappa shape index (κ2) is 5.39. The van der Waals surface area contributed by atoms with Crippen molar-refractivity contribution in [1.82, 2.24) is 15.2 Å². The molecular weight excluding hydrogens is 266 g/mol. The van der Waals surface area contributed by atoms with Crippen LogP contribution >= 0.6 is 11.3 Å². The molecule has 0 aliphatic carbocycles. The Bertz CT molecular complexity index is 468. The van der Waals surface area contributed by atoms with Gasteiger partial charge in [0.1, 0.15) is 5.01 Å². The number of fused-ring (bicyclic) bond motifs is 2. The number of hydrogen-bond acceptors (Lipinski definition) is 4. The number of aromatic nitrogens is 1. The lowest BCUT2D eigenvalue weighted by Gasteiger charge is -2.43. The van der Waals surface area contributed by atoms with E-state index in [4.69, 9.17) is 4.98 Å². The first-order valence-corrected chi connectivity index (χ1v) is 8.85. The number of thiazole rings is 1. The Labute approximate surface area is 126 Å². The van der Waals surface area contributed by atoms with E-state index >= 15 is 0 Å². The molecule has 1 N–H and O–H groups in total. The van der Waals surface area contributed by atoms with Crippen molar-refractivity contribution < 1.29 is 0 Å². The average Bonchev–Trinajstić information content (AvgIpc) is 3.02. The Morgan fingerprint density at radius 2 is 2.15 bits per heavy atom. The molecule has 2 bridgehead atoms. The van der Waals surface area contributed by atoms with Crippen LogP contribution in [0.3, 0.4) is 0 Å². The van der Waals surface area contributed by atoms with E-state index in [1.807, 2.05) is 11.3 Å². The van der Waals surface area contributed by atoms with E-state index in [0.717, 1.165) is 5.92 Å². The summed E-state index contributed by atoms with van der Waals surface area (Å²) < 4.78 is 0. The first kappa shape index (κ1) is 14.5. The highest BCUT2D eigenvalue weighted by molar-refractivity contribution is 7.09. The van der Waals surface area contributed by atoms with Gasteiger partial charge in [0.25, 0.3) is 0 Å². The fraction of sp³-hybridized carbons (Fsp3) is 0.812. The molecule has 0 saturated carbocycles. The smallest absolute Gasteiger partial charge is 0.113 e. The number of piperidine rings is 1. The van der Waals surface area contributed by atoms with Gasteiger partial charge in [-0.2, -0.15) is 0 Å². The topological polar surface area (TPSA) is 28.2 Å². The van der Waals surface area contributed by atoms with Gasteiger partial charge < -0.3 is 10.2 Å². The van der Waals surface area contributed by atoms with Crippen LogP contribution in [0.15, 0.2) is 5.38 Å². The zero-order chi connectivity index (χ0) is 14.3. The number of hydrogen-bond donors (Lipinski definition) is 1. The monoisotopic (exact) mass is 293 g/mol. The maximum absolute atomic E-state index is 5.01. The van der Waals surface area contributed by atoms with E-state index in [1.165, 1.54) is 43.2 Å². The molecule has 0 spiro atoms. The van der Waals surface area contributed by atoms with Crippen molar-refractivity contribution in [3.05, 3.63) is 16.1 Å². The summed E-state index contributed by atoms with van der Waals surface area (Å²) in [6.45, 7) is 12.7. The predicted octanol–water partition coefficient (Wildman–Crippen LogP) is 3.19. The fourth-order valence-corrected chi connectivity index (χ4v) is 5.03. The minimum Gasteiger partial charge on any atom is -0.303 e. The first-order valence-electron chi connectivity index (χ1n) is 7.97. The Kier molecular flexibility index (Phi) is 3.91. The molecule has 1 aromatic heterocycles. The minimum absolute atomic E-state index is 0.124.